The third-order valence-electron chi connectivity index (χ3n) is 1.30. The molecule has 0 aromatic rings. The molecule has 0 radical (unpaired) electrons. The van der Waals surface area contributed by atoms with Crippen molar-refractivity contribution in [1.29, 1.82) is 0 Å². The molecule has 0 aromatic heterocycles. The maximum atomic E-state index is 10.9. The minimum atomic E-state index is -0.0357. The van der Waals surface area contributed by atoms with Crippen LogP contribution in [-0.2, 0) is 4.79 Å². The van der Waals surface area contributed by atoms with Crippen molar-refractivity contribution in [1.82, 2.24) is 5.32 Å². The van der Waals surface area contributed by atoms with Crippen LogP contribution in [0.15, 0.2) is 12.7 Å². The molecule has 0 heterocycles. The van der Waals surface area contributed by atoms with E-state index in [-0.39, 0.29) is 18.6 Å². The van der Waals surface area contributed by atoms with E-state index in [1.165, 1.54) is 0 Å². The maximum Gasteiger partial charge on any atom is 0.220 e. The van der Waals surface area contributed by atoms with E-state index in [4.69, 9.17) is 5.11 Å². The molecular formula is C8H15NO2. The van der Waals surface area contributed by atoms with Crippen molar-refractivity contribution in [2.24, 2.45) is 0 Å². The summed E-state index contributed by atoms with van der Waals surface area (Å²) in [5.41, 5.74) is 0. The van der Waals surface area contributed by atoms with Gasteiger partial charge in [0.1, 0.15) is 0 Å². The molecule has 0 saturated heterocycles. The van der Waals surface area contributed by atoms with Crippen LogP contribution in [0, 0.1) is 0 Å². The van der Waals surface area contributed by atoms with Gasteiger partial charge in [-0.25, -0.2) is 0 Å². The fourth-order valence-corrected chi connectivity index (χ4v) is 0.625. The minimum Gasteiger partial charge on any atom is -0.396 e. The van der Waals surface area contributed by atoms with Crippen LogP contribution in [0.1, 0.15) is 19.8 Å². The summed E-state index contributed by atoms with van der Waals surface area (Å²) in [6.45, 7) is 5.45. The summed E-state index contributed by atoms with van der Waals surface area (Å²) < 4.78 is 0. The van der Waals surface area contributed by atoms with Gasteiger partial charge >= 0.3 is 0 Å². The van der Waals surface area contributed by atoms with E-state index < -0.39 is 0 Å². The number of aliphatic hydroxyl groups excluding tert-OH is 1. The predicted molar refractivity (Wildman–Crippen MR) is 44.1 cm³/mol. The van der Waals surface area contributed by atoms with Gasteiger partial charge in [0.25, 0.3) is 0 Å². The van der Waals surface area contributed by atoms with Crippen molar-refractivity contribution in [2.45, 2.75) is 25.8 Å². The van der Waals surface area contributed by atoms with Crippen molar-refractivity contribution in [3.8, 4) is 0 Å². The highest BCUT2D eigenvalue weighted by atomic mass is 16.3. The van der Waals surface area contributed by atoms with E-state index in [1.807, 2.05) is 6.92 Å². The average molecular weight is 157 g/mol. The first kappa shape index (κ1) is 10.2. The zero-order chi connectivity index (χ0) is 8.69. The second kappa shape index (κ2) is 5.92. The molecule has 0 aliphatic rings. The lowest BCUT2D eigenvalue weighted by Gasteiger charge is -2.07. The highest BCUT2D eigenvalue weighted by Gasteiger charge is 2.01. The van der Waals surface area contributed by atoms with Gasteiger partial charge in [-0.05, 0) is 13.3 Å². The molecule has 3 heteroatoms. The van der Waals surface area contributed by atoms with Gasteiger partial charge in [0.15, 0.2) is 0 Å². The van der Waals surface area contributed by atoms with E-state index in [1.54, 1.807) is 6.08 Å². The maximum absolute atomic E-state index is 10.9. The first-order valence-corrected chi connectivity index (χ1v) is 3.73. The van der Waals surface area contributed by atoms with Gasteiger partial charge in [-0.3, -0.25) is 4.79 Å². The van der Waals surface area contributed by atoms with Crippen molar-refractivity contribution in [3.63, 3.8) is 0 Å². The zero-order valence-corrected chi connectivity index (χ0v) is 6.84. The van der Waals surface area contributed by atoms with E-state index in [0.29, 0.717) is 12.8 Å². The molecule has 2 N–H and O–H groups in total. The van der Waals surface area contributed by atoms with Gasteiger partial charge in [0.2, 0.25) is 5.91 Å². The molecule has 0 fully saturated rings. The zero-order valence-electron chi connectivity index (χ0n) is 6.84. The van der Waals surface area contributed by atoms with Crippen LogP contribution in [0.25, 0.3) is 0 Å². The second-order valence-corrected chi connectivity index (χ2v) is 2.42. The van der Waals surface area contributed by atoms with Crippen molar-refractivity contribution >= 4 is 5.91 Å². The summed E-state index contributed by atoms with van der Waals surface area (Å²) in [6, 6.07) is 0.0150. The largest absolute Gasteiger partial charge is 0.396 e. The fourth-order valence-electron chi connectivity index (χ4n) is 0.625. The van der Waals surface area contributed by atoms with Crippen LogP contribution in [-0.4, -0.2) is 23.7 Å². The summed E-state index contributed by atoms with van der Waals surface area (Å²) in [5.74, 6) is -0.0357. The third-order valence-corrected chi connectivity index (χ3v) is 1.30. The molecule has 0 spiro atoms. The Kier molecular flexibility index (Phi) is 5.47. The Balaban J connectivity index is 3.43. The number of aliphatic hydroxyl groups is 1. The van der Waals surface area contributed by atoms with Gasteiger partial charge in [-0.15, -0.1) is 6.58 Å². The van der Waals surface area contributed by atoms with Crippen LogP contribution >= 0.6 is 0 Å². The molecule has 0 saturated carbocycles. The smallest absolute Gasteiger partial charge is 0.220 e. The minimum absolute atomic E-state index is 0.0150. The average Bonchev–Trinajstić information content (AvgIpc) is 2.00. The number of hydrogen-bond acceptors (Lipinski definition) is 2. The number of hydrogen-bond donors (Lipinski definition) is 2. The van der Waals surface area contributed by atoms with Gasteiger partial charge in [-0.1, -0.05) is 6.08 Å². The Morgan fingerprint density at radius 3 is 2.91 bits per heavy atom. The van der Waals surface area contributed by atoms with Crippen molar-refractivity contribution in [2.75, 3.05) is 6.61 Å². The molecule has 64 valence electrons. The Bertz CT molecular complexity index is 134. The Labute approximate surface area is 67.1 Å². The quantitative estimate of drug-likeness (QED) is 0.569. The standard InChI is InChI=1S/C8H15NO2/c1-3-7(2)9-8(11)5-4-6-10/h3,7,10H,1,4-6H2,2H3,(H,9,11). The van der Waals surface area contributed by atoms with E-state index in [2.05, 4.69) is 11.9 Å². The summed E-state index contributed by atoms with van der Waals surface area (Å²) in [7, 11) is 0. The Morgan fingerprint density at radius 1 is 1.82 bits per heavy atom. The van der Waals surface area contributed by atoms with E-state index >= 15 is 0 Å². The molecule has 0 aliphatic carbocycles. The van der Waals surface area contributed by atoms with Crippen LogP contribution < -0.4 is 5.32 Å². The summed E-state index contributed by atoms with van der Waals surface area (Å²) >= 11 is 0. The number of rotatable bonds is 5. The second-order valence-electron chi connectivity index (χ2n) is 2.42. The molecule has 0 aliphatic heterocycles. The van der Waals surface area contributed by atoms with Gasteiger partial charge in [0, 0.05) is 19.1 Å². The van der Waals surface area contributed by atoms with Crippen LogP contribution in [0.4, 0.5) is 0 Å². The fraction of sp³-hybridized carbons (Fsp3) is 0.625. The first-order chi connectivity index (χ1) is 5.20. The van der Waals surface area contributed by atoms with E-state index in [0.717, 1.165) is 0 Å². The highest BCUT2D eigenvalue weighted by molar-refractivity contribution is 5.76. The third kappa shape index (κ3) is 5.61. The summed E-state index contributed by atoms with van der Waals surface area (Å²) in [6.07, 6.45) is 2.57. The topological polar surface area (TPSA) is 49.3 Å². The predicted octanol–water partition coefficient (Wildman–Crippen LogP) is 0.450. The monoisotopic (exact) mass is 157 g/mol. The summed E-state index contributed by atoms with van der Waals surface area (Å²) in [4.78, 5) is 10.9. The van der Waals surface area contributed by atoms with Gasteiger partial charge in [-0.2, -0.15) is 0 Å². The number of nitrogens with one attached hydrogen (secondary N) is 1. The van der Waals surface area contributed by atoms with E-state index in [9.17, 15) is 4.79 Å². The Morgan fingerprint density at radius 2 is 2.45 bits per heavy atom. The molecule has 1 atom stereocenters. The lowest BCUT2D eigenvalue weighted by Crippen LogP contribution is -2.30. The molecular weight excluding hydrogens is 142 g/mol. The normalized spacial score (nSPS) is 12.2. The van der Waals surface area contributed by atoms with Crippen molar-refractivity contribution < 1.29 is 9.90 Å². The number of amides is 1. The molecule has 0 bridgehead atoms. The number of carbonyl (C=O) groups is 1. The van der Waals surface area contributed by atoms with Gasteiger partial charge in [0.05, 0.1) is 0 Å². The number of carbonyl (C=O) groups excluding carboxylic acids is 1. The van der Waals surface area contributed by atoms with Crippen LogP contribution in [0.5, 0.6) is 0 Å². The lowest BCUT2D eigenvalue weighted by molar-refractivity contribution is -0.121. The van der Waals surface area contributed by atoms with Crippen LogP contribution in [0.2, 0.25) is 0 Å². The molecule has 0 aromatic carbocycles. The summed E-state index contributed by atoms with van der Waals surface area (Å²) in [5, 5.41) is 11.1. The van der Waals surface area contributed by atoms with Gasteiger partial charge < -0.3 is 10.4 Å². The molecule has 1 amide bonds. The SMILES string of the molecule is C=CC(C)NC(=O)CCCO. The molecule has 1 unspecified atom stereocenters. The first-order valence-electron chi connectivity index (χ1n) is 3.73. The van der Waals surface area contributed by atoms with Crippen molar-refractivity contribution in [3.05, 3.63) is 12.7 Å². The molecule has 11 heavy (non-hydrogen) atoms. The molecule has 0 rings (SSSR count). The Hall–Kier alpha value is -0.830. The lowest BCUT2D eigenvalue weighted by atomic mass is 10.2. The van der Waals surface area contributed by atoms with Crippen LogP contribution in [0.3, 0.4) is 0 Å². The highest BCUT2D eigenvalue weighted by Crippen LogP contribution is 1.89. The molecule has 3 nitrogen and oxygen atoms in total.